The zero-order chi connectivity index (χ0) is 22.0. The molecule has 31 heavy (non-hydrogen) atoms. The average molecular weight is 412 g/mol. The molecule has 0 atom stereocenters. The van der Waals surface area contributed by atoms with Crippen molar-refractivity contribution in [3.05, 3.63) is 77.8 Å². The summed E-state index contributed by atoms with van der Waals surface area (Å²) in [6, 6.07) is 22.1. The molecule has 1 heterocycles. The smallest absolute Gasteiger partial charge is 0.155 e. The molecule has 4 aromatic rings. The number of allylic oxidation sites excluding steroid dienone is 1. The predicted octanol–water partition coefficient (Wildman–Crippen LogP) is 4.66. The number of aliphatic hydroxyl groups is 1. The van der Waals surface area contributed by atoms with Gasteiger partial charge in [0.2, 0.25) is 0 Å². The van der Waals surface area contributed by atoms with Gasteiger partial charge in [-0.1, -0.05) is 30.3 Å². The fourth-order valence-corrected chi connectivity index (χ4v) is 3.81. The first-order chi connectivity index (χ1) is 15.0. The molecule has 0 fully saturated rings. The van der Waals surface area contributed by atoms with Crippen molar-refractivity contribution in [2.45, 2.75) is 6.54 Å². The van der Waals surface area contributed by atoms with E-state index in [1.165, 1.54) is 0 Å². The number of aryl methyl sites for hydroxylation is 1. The van der Waals surface area contributed by atoms with Gasteiger partial charge in [0.1, 0.15) is 23.2 Å². The maximum absolute atomic E-state index is 10.7. The van der Waals surface area contributed by atoms with E-state index >= 15 is 0 Å². The van der Waals surface area contributed by atoms with Crippen molar-refractivity contribution >= 4 is 27.4 Å². The number of nitriles is 1. The zero-order valence-electron chi connectivity index (χ0n) is 17.8. The summed E-state index contributed by atoms with van der Waals surface area (Å²) in [5, 5.41) is 22.7. The van der Waals surface area contributed by atoms with Crippen LogP contribution in [0.3, 0.4) is 0 Å². The first kappa shape index (κ1) is 20.5. The van der Waals surface area contributed by atoms with E-state index in [0.717, 1.165) is 33.1 Å². The van der Waals surface area contributed by atoms with Crippen molar-refractivity contribution in [1.29, 1.82) is 5.26 Å². The van der Waals surface area contributed by atoms with Crippen LogP contribution in [0, 0.1) is 11.3 Å². The Morgan fingerprint density at radius 3 is 2.61 bits per heavy atom. The van der Waals surface area contributed by atoms with Gasteiger partial charge in [-0.15, -0.1) is 0 Å². The first-order valence-electron chi connectivity index (χ1n) is 9.99. The number of benzene rings is 3. The van der Waals surface area contributed by atoms with Crippen molar-refractivity contribution in [2.75, 3.05) is 20.7 Å². The minimum absolute atomic E-state index is 0.00827. The molecule has 0 saturated carbocycles. The number of hydrogen-bond donors (Lipinski definition) is 1. The van der Waals surface area contributed by atoms with Gasteiger partial charge in [-0.05, 0) is 53.7 Å². The summed E-state index contributed by atoms with van der Waals surface area (Å²) in [5.74, 6) is 1.31. The lowest BCUT2D eigenvalue weighted by molar-refractivity contribution is 0.286. The van der Waals surface area contributed by atoms with E-state index in [-0.39, 0.29) is 17.9 Å². The molecule has 0 aliphatic heterocycles. The Morgan fingerprint density at radius 2 is 1.87 bits per heavy atom. The Balaban J connectivity index is 1.55. The molecule has 3 aromatic carbocycles. The van der Waals surface area contributed by atoms with Gasteiger partial charge in [-0.25, -0.2) is 4.98 Å². The van der Waals surface area contributed by atoms with E-state index in [1.807, 2.05) is 66.0 Å². The van der Waals surface area contributed by atoms with Crippen LogP contribution in [0.2, 0.25) is 0 Å². The second-order valence-corrected chi connectivity index (χ2v) is 7.64. The Bertz CT molecular complexity index is 1330. The van der Waals surface area contributed by atoms with Gasteiger partial charge in [-0.3, -0.25) is 4.90 Å². The lowest BCUT2D eigenvalue weighted by Crippen LogP contribution is -2.21. The topological polar surface area (TPSA) is 74.3 Å². The van der Waals surface area contributed by atoms with Crippen molar-refractivity contribution in [2.24, 2.45) is 7.05 Å². The number of likely N-dealkylation sites (N-methyl/N-ethyl adjacent to an activating group) is 1. The van der Waals surface area contributed by atoms with Crippen LogP contribution >= 0.6 is 0 Å². The minimum atomic E-state index is 0.00827. The van der Waals surface area contributed by atoms with Crippen LogP contribution in [0.5, 0.6) is 5.75 Å². The van der Waals surface area contributed by atoms with Crippen molar-refractivity contribution in [3.8, 4) is 11.8 Å². The molecule has 1 N–H and O–H groups in total. The van der Waals surface area contributed by atoms with E-state index in [0.29, 0.717) is 12.4 Å². The average Bonchev–Trinajstić information content (AvgIpc) is 3.10. The van der Waals surface area contributed by atoms with Gasteiger partial charge in [0.25, 0.3) is 0 Å². The van der Waals surface area contributed by atoms with Gasteiger partial charge in [0.05, 0.1) is 24.7 Å². The maximum atomic E-state index is 10.7. The van der Waals surface area contributed by atoms with E-state index < -0.39 is 0 Å². The molecule has 0 unspecified atom stereocenters. The van der Waals surface area contributed by atoms with Crippen molar-refractivity contribution in [3.63, 3.8) is 0 Å². The van der Waals surface area contributed by atoms with Crippen LogP contribution < -0.4 is 4.74 Å². The van der Waals surface area contributed by atoms with Gasteiger partial charge in [0, 0.05) is 13.6 Å². The van der Waals surface area contributed by atoms with Crippen LogP contribution in [0.1, 0.15) is 11.4 Å². The molecule has 6 heteroatoms. The summed E-state index contributed by atoms with van der Waals surface area (Å²) in [6.07, 6.45) is 0. The largest absolute Gasteiger partial charge is 0.509 e. The van der Waals surface area contributed by atoms with E-state index in [1.54, 1.807) is 7.11 Å². The van der Waals surface area contributed by atoms with Crippen LogP contribution in [-0.2, 0) is 13.6 Å². The fraction of sp³-hybridized carbons (Fsp3) is 0.200. The van der Waals surface area contributed by atoms with Crippen LogP contribution in [0.25, 0.3) is 27.4 Å². The standard InChI is InChI=1S/C25H24N4O2/c1-28(15-17-8-9-19-13-20(31-3)11-10-18(19)12-17)16-24(30)21(14-26)25-27-22-6-4-5-7-23(22)29(25)2/h4-13,30H,15-16H2,1-3H3/b24-21-. The Labute approximate surface area is 181 Å². The van der Waals surface area contributed by atoms with E-state index in [9.17, 15) is 10.4 Å². The summed E-state index contributed by atoms with van der Waals surface area (Å²) in [5.41, 5.74) is 3.02. The molecular weight excluding hydrogens is 388 g/mol. The number of methoxy groups -OCH3 is 1. The van der Waals surface area contributed by atoms with E-state index in [4.69, 9.17) is 4.74 Å². The highest BCUT2D eigenvalue weighted by atomic mass is 16.5. The third-order valence-corrected chi connectivity index (χ3v) is 5.40. The van der Waals surface area contributed by atoms with Crippen molar-refractivity contribution < 1.29 is 9.84 Å². The molecule has 156 valence electrons. The Morgan fingerprint density at radius 1 is 1.13 bits per heavy atom. The molecule has 1 aromatic heterocycles. The molecule has 0 radical (unpaired) electrons. The SMILES string of the molecule is COc1ccc2cc(CN(C)C/C(O)=C(\C#N)c3nc4ccccc4n3C)ccc2c1. The van der Waals surface area contributed by atoms with Crippen LogP contribution in [-0.4, -0.2) is 40.3 Å². The van der Waals surface area contributed by atoms with Gasteiger partial charge in [-0.2, -0.15) is 5.26 Å². The molecule has 0 aliphatic rings. The summed E-state index contributed by atoms with van der Waals surface area (Å²) in [7, 11) is 5.43. The summed E-state index contributed by atoms with van der Waals surface area (Å²) < 4.78 is 7.12. The fourth-order valence-electron chi connectivity index (χ4n) is 3.81. The number of aromatic nitrogens is 2. The quantitative estimate of drug-likeness (QED) is 0.368. The molecule has 0 saturated heterocycles. The first-order valence-corrected chi connectivity index (χ1v) is 9.99. The molecule has 0 bridgehead atoms. The minimum Gasteiger partial charge on any atom is -0.509 e. The van der Waals surface area contributed by atoms with Gasteiger partial charge >= 0.3 is 0 Å². The summed E-state index contributed by atoms with van der Waals surface area (Å²) in [6.45, 7) is 0.875. The monoisotopic (exact) mass is 412 g/mol. The highest BCUT2D eigenvalue weighted by Crippen LogP contribution is 2.24. The number of ether oxygens (including phenoxy) is 1. The zero-order valence-corrected chi connectivity index (χ0v) is 17.8. The highest BCUT2D eigenvalue weighted by molar-refractivity contribution is 5.85. The second kappa shape index (κ2) is 8.50. The van der Waals surface area contributed by atoms with Crippen molar-refractivity contribution in [1.82, 2.24) is 14.5 Å². The molecule has 0 spiro atoms. The number of aliphatic hydroxyl groups excluding tert-OH is 1. The lowest BCUT2D eigenvalue weighted by Gasteiger charge is -2.17. The predicted molar refractivity (Wildman–Crippen MR) is 123 cm³/mol. The highest BCUT2D eigenvalue weighted by Gasteiger charge is 2.17. The number of para-hydroxylation sites is 2. The summed E-state index contributed by atoms with van der Waals surface area (Å²) in [4.78, 5) is 6.51. The molecule has 0 aliphatic carbocycles. The number of hydrogen-bond acceptors (Lipinski definition) is 5. The molecule has 4 rings (SSSR count). The van der Waals surface area contributed by atoms with Gasteiger partial charge < -0.3 is 14.4 Å². The third-order valence-electron chi connectivity index (χ3n) is 5.40. The second-order valence-electron chi connectivity index (χ2n) is 7.64. The lowest BCUT2D eigenvalue weighted by atomic mass is 10.1. The normalized spacial score (nSPS) is 12.2. The Kier molecular flexibility index (Phi) is 5.61. The van der Waals surface area contributed by atoms with E-state index in [2.05, 4.69) is 29.3 Å². The number of imidazole rings is 1. The number of rotatable bonds is 6. The number of nitrogens with zero attached hydrogens (tertiary/aromatic N) is 4. The molecular formula is C25H24N4O2. The maximum Gasteiger partial charge on any atom is 0.155 e. The summed E-state index contributed by atoms with van der Waals surface area (Å²) >= 11 is 0. The molecule has 0 amide bonds. The van der Waals surface area contributed by atoms with Gasteiger partial charge in [0.15, 0.2) is 5.82 Å². The van der Waals surface area contributed by atoms with Crippen LogP contribution in [0.4, 0.5) is 0 Å². The molecule has 6 nitrogen and oxygen atoms in total. The van der Waals surface area contributed by atoms with Crippen LogP contribution in [0.15, 0.2) is 66.4 Å². The Hall–Kier alpha value is -3.82. The third kappa shape index (κ3) is 4.09. The number of fused-ring (bicyclic) bond motifs is 2.